The van der Waals surface area contributed by atoms with Gasteiger partial charge in [0.25, 0.3) is 0 Å². The van der Waals surface area contributed by atoms with Gasteiger partial charge in [0, 0.05) is 23.6 Å². The van der Waals surface area contributed by atoms with Crippen molar-refractivity contribution in [3.63, 3.8) is 0 Å². The Morgan fingerprint density at radius 2 is 1.69 bits per heavy atom. The maximum atomic E-state index is 12.5. The standard InChI is InChI=1S/C19H22N2O4S/c1-12(26-16-8-5-14(6-9-16)20-13(2)22)19(23)21-17-11-15(24-3)7-10-18(17)25-4/h5-12H,1-4H3,(H,20,22)(H,21,23). The molecule has 0 saturated heterocycles. The van der Waals surface area contributed by atoms with Crippen molar-refractivity contribution in [3.05, 3.63) is 42.5 Å². The van der Waals surface area contributed by atoms with Gasteiger partial charge in [0.1, 0.15) is 11.5 Å². The summed E-state index contributed by atoms with van der Waals surface area (Å²) in [6, 6.07) is 12.6. The van der Waals surface area contributed by atoms with Crippen LogP contribution in [0.15, 0.2) is 47.4 Å². The lowest BCUT2D eigenvalue weighted by Crippen LogP contribution is -2.22. The molecule has 0 heterocycles. The first-order valence-corrected chi connectivity index (χ1v) is 8.88. The molecule has 138 valence electrons. The number of carbonyl (C=O) groups is 2. The van der Waals surface area contributed by atoms with Crippen molar-refractivity contribution in [2.45, 2.75) is 24.0 Å². The summed E-state index contributed by atoms with van der Waals surface area (Å²) in [5.41, 5.74) is 1.28. The maximum Gasteiger partial charge on any atom is 0.237 e. The molecule has 1 unspecified atom stereocenters. The van der Waals surface area contributed by atoms with Crippen molar-refractivity contribution in [1.82, 2.24) is 0 Å². The lowest BCUT2D eigenvalue weighted by molar-refractivity contribution is -0.115. The van der Waals surface area contributed by atoms with Crippen LogP contribution in [-0.2, 0) is 9.59 Å². The molecule has 2 aromatic rings. The molecule has 0 aliphatic heterocycles. The zero-order valence-electron chi connectivity index (χ0n) is 15.2. The van der Waals surface area contributed by atoms with E-state index in [9.17, 15) is 9.59 Å². The molecule has 0 spiro atoms. The molecule has 0 bridgehead atoms. The highest BCUT2D eigenvalue weighted by Crippen LogP contribution is 2.31. The number of methoxy groups -OCH3 is 2. The van der Waals surface area contributed by atoms with Crippen LogP contribution in [0, 0.1) is 0 Å². The van der Waals surface area contributed by atoms with Gasteiger partial charge in [-0.1, -0.05) is 0 Å². The van der Waals surface area contributed by atoms with Gasteiger partial charge < -0.3 is 20.1 Å². The second-order valence-corrected chi connectivity index (χ2v) is 6.94. The second kappa shape index (κ2) is 9.15. The molecule has 0 aliphatic rings. The Morgan fingerprint density at radius 1 is 1.00 bits per heavy atom. The zero-order valence-corrected chi connectivity index (χ0v) is 16.0. The predicted molar refractivity (Wildman–Crippen MR) is 104 cm³/mol. The van der Waals surface area contributed by atoms with Crippen molar-refractivity contribution in [1.29, 1.82) is 0 Å². The highest BCUT2D eigenvalue weighted by molar-refractivity contribution is 8.00. The predicted octanol–water partition coefficient (Wildman–Crippen LogP) is 3.78. The minimum absolute atomic E-state index is 0.120. The largest absolute Gasteiger partial charge is 0.497 e. The van der Waals surface area contributed by atoms with E-state index >= 15 is 0 Å². The number of thioether (sulfide) groups is 1. The third-order valence-corrected chi connectivity index (χ3v) is 4.63. The van der Waals surface area contributed by atoms with E-state index in [1.165, 1.54) is 18.7 Å². The van der Waals surface area contributed by atoms with Gasteiger partial charge >= 0.3 is 0 Å². The highest BCUT2D eigenvalue weighted by atomic mass is 32.2. The average molecular weight is 374 g/mol. The Labute approximate surface area is 157 Å². The topological polar surface area (TPSA) is 76.7 Å². The van der Waals surface area contributed by atoms with E-state index in [1.807, 2.05) is 19.1 Å². The molecule has 0 fully saturated rings. The van der Waals surface area contributed by atoms with Crippen LogP contribution in [0.25, 0.3) is 0 Å². The second-order valence-electron chi connectivity index (χ2n) is 5.52. The van der Waals surface area contributed by atoms with Crippen molar-refractivity contribution < 1.29 is 19.1 Å². The summed E-state index contributed by atoms with van der Waals surface area (Å²) >= 11 is 1.43. The van der Waals surface area contributed by atoms with Gasteiger partial charge in [-0.2, -0.15) is 0 Å². The number of amides is 2. The molecule has 0 saturated carbocycles. The molecule has 0 aliphatic carbocycles. The average Bonchev–Trinajstić information content (AvgIpc) is 2.62. The molecule has 1 atom stereocenters. The van der Waals surface area contributed by atoms with E-state index in [0.29, 0.717) is 17.2 Å². The van der Waals surface area contributed by atoms with Crippen LogP contribution in [0.3, 0.4) is 0 Å². The Morgan fingerprint density at radius 3 is 2.27 bits per heavy atom. The fraction of sp³-hybridized carbons (Fsp3) is 0.263. The highest BCUT2D eigenvalue weighted by Gasteiger charge is 2.17. The number of ether oxygens (including phenoxy) is 2. The Kier molecular flexibility index (Phi) is 6.91. The lowest BCUT2D eigenvalue weighted by atomic mass is 10.2. The smallest absolute Gasteiger partial charge is 0.237 e. The SMILES string of the molecule is COc1ccc(OC)c(NC(=O)C(C)Sc2ccc(NC(C)=O)cc2)c1. The number of carbonyl (C=O) groups excluding carboxylic acids is 2. The summed E-state index contributed by atoms with van der Waals surface area (Å²) in [4.78, 5) is 24.5. The Hall–Kier alpha value is -2.67. The number of rotatable bonds is 7. The van der Waals surface area contributed by atoms with Crippen LogP contribution in [0.4, 0.5) is 11.4 Å². The van der Waals surface area contributed by atoms with Gasteiger partial charge in [-0.05, 0) is 43.3 Å². The molecule has 6 nitrogen and oxygen atoms in total. The Bertz CT molecular complexity index is 778. The summed E-state index contributed by atoms with van der Waals surface area (Å²) in [5.74, 6) is 0.934. The zero-order chi connectivity index (χ0) is 19.1. The monoisotopic (exact) mass is 374 g/mol. The van der Waals surface area contributed by atoms with E-state index < -0.39 is 0 Å². The van der Waals surface area contributed by atoms with Crippen LogP contribution in [-0.4, -0.2) is 31.3 Å². The summed E-state index contributed by atoms with van der Waals surface area (Å²) in [7, 11) is 3.11. The van der Waals surface area contributed by atoms with E-state index in [1.54, 1.807) is 44.6 Å². The van der Waals surface area contributed by atoms with Crippen molar-refractivity contribution in [2.75, 3.05) is 24.9 Å². The minimum atomic E-state index is -0.322. The summed E-state index contributed by atoms with van der Waals surface area (Å²) in [6.45, 7) is 3.29. The molecule has 2 N–H and O–H groups in total. The first kappa shape index (κ1) is 19.7. The van der Waals surface area contributed by atoms with Gasteiger partial charge in [0.05, 0.1) is 25.2 Å². The fourth-order valence-electron chi connectivity index (χ4n) is 2.22. The van der Waals surface area contributed by atoms with Gasteiger partial charge in [-0.25, -0.2) is 0 Å². The molecule has 2 amide bonds. The molecular formula is C19H22N2O4S. The van der Waals surface area contributed by atoms with Gasteiger partial charge in [0.2, 0.25) is 11.8 Å². The third-order valence-electron chi connectivity index (χ3n) is 3.52. The van der Waals surface area contributed by atoms with Gasteiger partial charge in [-0.15, -0.1) is 11.8 Å². The molecule has 7 heteroatoms. The number of nitrogens with one attached hydrogen (secondary N) is 2. The van der Waals surface area contributed by atoms with Gasteiger partial charge in [0.15, 0.2) is 0 Å². The van der Waals surface area contributed by atoms with Crippen LogP contribution >= 0.6 is 11.8 Å². The number of anilines is 2. The number of hydrogen-bond donors (Lipinski definition) is 2. The molecule has 26 heavy (non-hydrogen) atoms. The summed E-state index contributed by atoms with van der Waals surface area (Å²) in [5, 5.41) is 5.26. The van der Waals surface area contributed by atoms with Crippen LogP contribution < -0.4 is 20.1 Å². The summed E-state index contributed by atoms with van der Waals surface area (Å²) in [6.07, 6.45) is 0. The molecule has 2 rings (SSSR count). The lowest BCUT2D eigenvalue weighted by Gasteiger charge is -2.15. The Balaban J connectivity index is 2.02. The number of hydrogen-bond acceptors (Lipinski definition) is 5. The summed E-state index contributed by atoms with van der Waals surface area (Å²) < 4.78 is 10.5. The minimum Gasteiger partial charge on any atom is -0.497 e. The maximum absolute atomic E-state index is 12.5. The van der Waals surface area contributed by atoms with E-state index in [4.69, 9.17) is 9.47 Å². The van der Waals surface area contributed by atoms with Crippen molar-refractivity contribution >= 4 is 35.0 Å². The normalized spacial score (nSPS) is 11.4. The molecule has 0 radical (unpaired) electrons. The van der Waals surface area contributed by atoms with Crippen LogP contribution in [0.5, 0.6) is 11.5 Å². The molecular weight excluding hydrogens is 352 g/mol. The first-order chi connectivity index (χ1) is 12.4. The van der Waals surface area contributed by atoms with Crippen molar-refractivity contribution in [2.24, 2.45) is 0 Å². The number of benzene rings is 2. The van der Waals surface area contributed by atoms with E-state index in [2.05, 4.69) is 10.6 Å². The van der Waals surface area contributed by atoms with Crippen LogP contribution in [0.2, 0.25) is 0 Å². The third kappa shape index (κ3) is 5.42. The van der Waals surface area contributed by atoms with E-state index in [-0.39, 0.29) is 17.1 Å². The van der Waals surface area contributed by atoms with Crippen LogP contribution in [0.1, 0.15) is 13.8 Å². The van der Waals surface area contributed by atoms with Crippen molar-refractivity contribution in [3.8, 4) is 11.5 Å². The molecule has 2 aromatic carbocycles. The van der Waals surface area contributed by atoms with E-state index in [0.717, 1.165) is 10.6 Å². The first-order valence-electron chi connectivity index (χ1n) is 8.00. The van der Waals surface area contributed by atoms with Gasteiger partial charge in [-0.3, -0.25) is 9.59 Å². The fourth-order valence-corrected chi connectivity index (χ4v) is 3.09. The molecule has 0 aromatic heterocycles. The quantitative estimate of drug-likeness (QED) is 0.721.